The fourth-order valence-electron chi connectivity index (χ4n) is 4.31. The molecule has 4 heterocycles. The zero-order valence-corrected chi connectivity index (χ0v) is 20.0. The molecule has 0 unspecified atom stereocenters. The predicted octanol–water partition coefficient (Wildman–Crippen LogP) is 3.61. The summed E-state index contributed by atoms with van der Waals surface area (Å²) in [5.74, 6) is 0.105. The van der Waals surface area contributed by atoms with Crippen LogP contribution in [0.25, 0.3) is 11.0 Å². The van der Waals surface area contributed by atoms with Crippen molar-refractivity contribution < 1.29 is 19.4 Å². The second kappa shape index (κ2) is 10.5. The summed E-state index contributed by atoms with van der Waals surface area (Å²) < 4.78 is 5.66. The number of Topliss-reactive ketones (excluding diaryl/α,β-unsaturated/α-hetero) is 1. The van der Waals surface area contributed by atoms with Crippen molar-refractivity contribution in [2.24, 2.45) is 0 Å². The number of hydrogen-bond donors (Lipinski definition) is 3. The van der Waals surface area contributed by atoms with Crippen LogP contribution in [0.15, 0.2) is 55.1 Å². The predicted molar refractivity (Wildman–Crippen MR) is 135 cm³/mol. The van der Waals surface area contributed by atoms with E-state index in [9.17, 15) is 14.7 Å². The van der Waals surface area contributed by atoms with Crippen molar-refractivity contribution in [2.75, 3.05) is 18.5 Å². The number of fused-ring (bicyclic) bond motifs is 1. The van der Waals surface area contributed by atoms with E-state index in [4.69, 9.17) is 16.3 Å². The highest BCUT2D eigenvalue weighted by atomic mass is 35.5. The first kappa shape index (κ1) is 24.1. The van der Waals surface area contributed by atoms with Gasteiger partial charge in [0.15, 0.2) is 11.6 Å². The topological polar surface area (TPSA) is 130 Å². The summed E-state index contributed by atoms with van der Waals surface area (Å²) >= 11 is 6.50. The lowest BCUT2D eigenvalue weighted by Crippen LogP contribution is -2.36. The maximum Gasteiger partial charge on any atom is 0.196 e. The number of aliphatic hydroxyl groups is 1. The number of H-pyrrole nitrogens is 1. The van der Waals surface area contributed by atoms with E-state index >= 15 is 0 Å². The number of nitrogens with zero attached hydrogens (tertiary/aromatic N) is 3. The molecule has 1 saturated heterocycles. The summed E-state index contributed by atoms with van der Waals surface area (Å²) in [6, 6.07) is 10.2. The Balaban J connectivity index is 1.38. The molecule has 0 spiro atoms. The molecule has 0 aliphatic carbocycles. The minimum absolute atomic E-state index is 0.00220. The van der Waals surface area contributed by atoms with E-state index < -0.39 is 0 Å². The first-order valence-corrected chi connectivity index (χ1v) is 12.0. The third kappa shape index (κ3) is 4.99. The van der Waals surface area contributed by atoms with E-state index in [2.05, 4.69) is 25.3 Å². The van der Waals surface area contributed by atoms with Gasteiger partial charge in [-0.05, 0) is 42.7 Å². The molecule has 10 heteroatoms. The van der Waals surface area contributed by atoms with E-state index in [1.54, 1.807) is 48.8 Å². The molecule has 4 aromatic rings. The van der Waals surface area contributed by atoms with Crippen molar-refractivity contribution in [3.8, 4) is 0 Å². The minimum Gasteiger partial charge on any atom is -0.394 e. The molecule has 5 rings (SSSR count). The molecule has 0 bridgehead atoms. The Hall–Kier alpha value is -3.66. The zero-order chi connectivity index (χ0) is 25.1. The van der Waals surface area contributed by atoms with Crippen molar-refractivity contribution in [3.63, 3.8) is 0 Å². The molecule has 9 nitrogen and oxygen atoms in total. The SMILES string of the molecule is O=C(Cc1ccc(C(=O)c2c[nH]c3ncnc(N[C@@H]4CC[C@H](CO)OC4)c23)c(Cl)c1)c1ccccn1. The molecule has 0 radical (unpaired) electrons. The number of aromatic amines is 1. The van der Waals surface area contributed by atoms with Crippen LogP contribution in [0.1, 0.15) is 44.8 Å². The summed E-state index contributed by atoms with van der Waals surface area (Å²) in [5, 5.41) is 13.5. The van der Waals surface area contributed by atoms with Gasteiger partial charge >= 0.3 is 0 Å². The normalized spacial score (nSPS) is 17.7. The highest BCUT2D eigenvalue weighted by Crippen LogP contribution is 2.30. The molecule has 0 saturated carbocycles. The molecule has 3 N–H and O–H groups in total. The lowest BCUT2D eigenvalue weighted by molar-refractivity contribution is -0.0224. The number of aliphatic hydroxyl groups excluding tert-OH is 1. The summed E-state index contributed by atoms with van der Waals surface area (Å²) in [5.41, 5.74) is 2.29. The third-order valence-corrected chi connectivity index (χ3v) is 6.54. The number of anilines is 1. The second-order valence-corrected chi connectivity index (χ2v) is 9.07. The van der Waals surface area contributed by atoms with Gasteiger partial charge in [-0.2, -0.15) is 0 Å². The smallest absolute Gasteiger partial charge is 0.196 e. The monoisotopic (exact) mass is 505 g/mol. The van der Waals surface area contributed by atoms with Crippen LogP contribution < -0.4 is 5.32 Å². The van der Waals surface area contributed by atoms with Crippen LogP contribution in [0.4, 0.5) is 5.82 Å². The fourth-order valence-corrected chi connectivity index (χ4v) is 4.60. The molecule has 36 heavy (non-hydrogen) atoms. The number of carbonyl (C=O) groups is 2. The number of ketones is 2. The Morgan fingerprint density at radius 3 is 2.75 bits per heavy atom. The van der Waals surface area contributed by atoms with Gasteiger partial charge in [-0.1, -0.05) is 23.7 Å². The van der Waals surface area contributed by atoms with Gasteiger partial charge in [0.1, 0.15) is 23.5 Å². The van der Waals surface area contributed by atoms with E-state index in [0.717, 1.165) is 12.8 Å². The quantitative estimate of drug-likeness (QED) is 0.309. The molecule has 0 amide bonds. The molecule has 3 aromatic heterocycles. The van der Waals surface area contributed by atoms with Gasteiger partial charge < -0.3 is 20.1 Å². The molecular weight excluding hydrogens is 482 g/mol. The van der Waals surface area contributed by atoms with E-state index in [1.165, 1.54) is 6.33 Å². The number of carbonyl (C=O) groups excluding carboxylic acids is 2. The van der Waals surface area contributed by atoms with Crippen LogP contribution in [0, 0.1) is 0 Å². The van der Waals surface area contributed by atoms with Crippen LogP contribution in [0.3, 0.4) is 0 Å². The van der Waals surface area contributed by atoms with Crippen molar-refractivity contribution in [1.29, 1.82) is 0 Å². The minimum atomic E-state index is -0.285. The highest BCUT2D eigenvalue weighted by Gasteiger charge is 2.25. The molecular formula is C26H24ClN5O4. The molecule has 184 valence electrons. The Kier molecular flexibility index (Phi) is 7.04. The lowest BCUT2D eigenvalue weighted by atomic mass is 9.99. The Morgan fingerprint density at radius 2 is 2.03 bits per heavy atom. The first-order chi connectivity index (χ1) is 17.5. The van der Waals surface area contributed by atoms with Gasteiger partial charge in [-0.25, -0.2) is 9.97 Å². The van der Waals surface area contributed by atoms with Gasteiger partial charge in [-0.15, -0.1) is 0 Å². The largest absolute Gasteiger partial charge is 0.394 e. The van der Waals surface area contributed by atoms with E-state index in [0.29, 0.717) is 45.8 Å². The van der Waals surface area contributed by atoms with Crippen molar-refractivity contribution >= 4 is 40.0 Å². The third-order valence-electron chi connectivity index (χ3n) is 6.22. The summed E-state index contributed by atoms with van der Waals surface area (Å²) in [6.45, 7) is 0.423. The number of aromatic nitrogens is 4. The molecule has 1 fully saturated rings. The van der Waals surface area contributed by atoms with Crippen molar-refractivity contribution in [3.05, 3.63) is 82.5 Å². The van der Waals surface area contributed by atoms with Crippen LogP contribution in [0.5, 0.6) is 0 Å². The van der Waals surface area contributed by atoms with Gasteiger partial charge in [0.05, 0.1) is 41.3 Å². The molecule has 2 atom stereocenters. The van der Waals surface area contributed by atoms with Crippen LogP contribution in [-0.2, 0) is 11.2 Å². The average Bonchev–Trinajstić information content (AvgIpc) is 3.35. The van der Waals surface area contributed by atoms with Crippen LogP contribution in [-0.4, -0.2) is 62.0 Å². The fraction of sp³-hybridized carbons (Fsp3) is 0.269. The van der Waals surface area contributed by atoms with Gasteiger partial charge in [0.2, 0.25) is 0 Å². The van der Waals surface area contributed by atoms with Crippen molar-refractivity contribution in [2.45, 2.75) is 31.4 Å². The Bertz CT molecular complexity index is 1400. The van der Waals surface area contributed by atoms with Crippen LogP contribution in [0.2, 0.25) is 5.02 Å². The molecule has 1 aliphatic rings. The zero-order valence-electron chi connectivity index (χ0n) is 19.3. The number of benzene rings is 1. The van der Waals surface area contributed by atoms with Crippen LogP contribution >= 0.6 is 11.6 Å². The number of rotatable bonds is 8. The highest BCUT2D eigenvalue weighted by molar-refractivity contribution is 6.35. The van der Waals surface area contributed by atoms with E-state index in [-0.39, 0.29) is 41.8 Å². The van der Waals surface area contributed by atoms with E-state index in [1.807, 2.05) is 0 Å². The second-order valence-electron chi connectivity index (χ2n) is 8.66. The lowest BCUT2D eigenvalue weighted by Gasteiger charge is -2.29. The average molecular weight is 506 g/mol. The summed E-state index contributed by atoms with van der Waals surface area (Å²) in [4.78, 5) is 41.8. The van der Waals surface area contributed by atoms with Gasteiger partial charge in [0, 0.05) is 24.4 Å². The number of ether oxygens (including phenoxy) is 1. The first-order valence-electron chi connectivity index (χ1n) is 11.6. The number of nitrogens with one attached hydrogen (secondary N) is 2. The molecule has 1 aromatic carbocycles. The van der Waals surface area contributed by atoms with Gasteiger partial charge in [0.25, 0.3) is 0 Å². The number of hydrogen-bond acceptors (Lipinski definition) is 8. The van der Waals surface area contributed by atoms with Crippen molar-refractivity contribution in [1.82, 2.24) is 19.9 Å². The summed E-state index contributed by atoms with van der Waals surface area (Å²) in [7, 11) is 0. The van der Waals surface area contributed by atoms with Gasteiger partial charge in [-0.3, -0.25) is 14.6 Å². The summed E-state index contributed by atoms with van der Waals surface area (Å²) in [6.07, 6.45) is 6.10. The Labute approximate surface area is 211 Å². The molecule has 1 aliphatic heterocycles. The standard InChI is InChI=1S/C26H24ClN5O4/c27-20-9-15(10-22(34)21-3-1-2-8-28-21)4-7-18(20)24(35)19-11-29-25-23(19)26(31-14-30-25)32-16-5-6-17(12-33)36-13-16/h1-4,7-9,11,14,16-17,33H,5-6,10,12-13H2,(H2,29,30,31,32)/t16-,17-/m1/s1. The Morgan fingerprint density at radius 1 is 1.14 bits per heavy atom. The maximum absolute atomic E-state index is 13.5. The maximum atomic E-state index is 13.5. The number of halogens is 1. The number of pyridine rings is 1.